The minimum absolute atomic E-state index is 0.862. The van der Waals surface area contributed by atoms with E-state index in [1.165, 1.54) is 11.1 Å². The van der Waals surface area contributed by atoms with Gasteiger partial charge in [-0.2, -0.15) is 0 Å². The molecule has 2 aromatic heterocycles. The molecule has 3 nitrogen and oxygen atoms in total. The van der Waals surface area contributed by atoms with Crippen molar-refractivity contribution in [2.24, 2.45) is 0 Å². The van der Waals surface area contributed by atoms with Gasteiger partial charge >= 0.3 is 0 Å². The van der Waals surface area contributed by atoms with E-state index in [9.17, 15) is 0 Å². The molecule has 0 aliphatic carbocycles. The highest BCUT2D eigenvalue weighted by Gasteiger charge is 2.19. The summed E-state index contributed by atoms with van der Waals surface area (Å²) in [6.45, 7) is 0. The van der Waals surface area contributed by atoms with Crippen LogP contribution in [0.1, 0.15) is 0 Å². The molecule has 0 N–H and O–H groups in total. The first-order valence-electron chi connectivity index (χ1n) is 19.3. The number of anilines is 3. The Morgan fingerprint density at radius 3 is 1.51 bits per heavy atom. The number of hydrogen-bond acceptors (Lipinski definition) is 3. The lowest BCUT2D eigenvalue weighted by Gasteiger charge is -2.25. The summed E-state index contributed by atoms with van der Waals surface area (Å²) < 4.78 is 13.4. The number of furan rings is 2. The molecule has 268 valence electrons. The van der Waals surface area contributed by atoms with Crippen LogP contribution in [0.15, 0.2) is 221 Å². The zero-order valence-electron chi connectivity index (χ0n) is 31.0. The van der Waals surface area contributed by atoms with Crippen LogP contribution in [0.4, 0.5) is 17.1 Å². The van der Waals surface area contributed by atoms with Crippen LogP contribution in [0.25, 0.3) is 88.4 Å². The van der Waals surface area contributed by atoms with E-state index in [2.05, 4.69) is 205 Å². The number of nitrogens with zero attached hydrogens (tertiary/aromatic N) is 1. The largest absolute Gasteiger partial charge is 0.455 e. The fourth-order valence-corrected chi connectivity index (χ4v) is 8.28. The van der Waals surface area contributed by atoms with Gasteiger partial charge in [0.15, 0.2) is 0 Å². The first-order valence-corrected chi connectivity index (χ1v) is 19.3. The van der Waals surface area contributed by atoms with E-state index in [1.54, 1.807) is 0 Å². The minimum Gasteiger partial charge on any atom is -0.455 e. The summed E-state index contributed by atoms with van der Waals surface area (Å²) in [6, 6.07) is 74.9. The third-order valence-corrected chi connectivity index (χ3v) is 11.1. The molecule has 0 fully saturated rings. The van der Waals surface area contributed by atoms with E-state index in [0.717, 1.165) is 94.3 Å². The first-order chi connectivity index (χ1) is 28.2. The van der Waals surface area contributed by atoms with Crippen LogP contribution in [0, 0.1) is 0 Å². The average Bonchev–Trinajstić information content (AvgIpc) is 3.86. The van der Waals surface area contributed by atoms with Crippen LogP contribution < -0.4 is 4.90 Å². The Hall–Kier alpha value is -7.62. The summed E-state index contributed by atoms with van der Waals surface area (Å²) >= 11 is 0. The van der Waals surface area contributed by atoms with Crippen molar-refractivity contribution < 1.29 is 8.83 Å². The lowest BCUT2D eigenvalue weighted by atomic mass is 9.94. The van der Waals surface area contributed by atoms with Crippen molar-refractivity contribution in [2.75, 3.05) is 4.90 Å². The van der Waals surface area contributed by atoms with Crippen LogP contribution in [-0.2, 0) is 0 Å². The fourth-order valence-electron chi connectivity index (χ4n) is 8.28. The molecule has 2 heterocycles. The van der Waals surface area contributed by atoms with Gasteiger partial charge in [-0.25, -0.2) is 0 Å². The molecular weight excluding hydrogens is 695 g/mol. The third-order valence-electron chi connectivity index (χ3n) is 11.1. The Morgan fingerprint density at radius 1 is 0.263 bits per heavy atom. The first kappa shape index (κ1) is 32.8. The van der Waals surface area contributed by atoms with Crippen LogP contribution in [0.2, 0.25) is 0 Å². The normalized spacial score (nSPS) is 11.5. The Morgan fingerprint density at radius 2 is 0.772 bits per heavy atom. The van der Waals surface area contributed by atoms with Gasteiger partial charge in [-0.3, -0.25) is 0 Å². The SMILES string of the molecule is c1ccc(-c2ccc(-c3cc(-c4cccc5c4oc4cc(-c6ccc(N(c7ccccc7)c7ccccc7)cc6)ccc45)cc4c3oc3ccccc34)cc2)cc1. The molecular formula is C54H35NO2. The van der Waals surface area contributed by atoms with Crippen molar-refractivity contribution in [1.82, 2.24) is 0 Å². The van der Waals surface area contributed by atoms with E-state index in [1.807, 2.05) is 12.1 Å². The molecule has 11 aromatic rings. The van der Waals surface area contributed by atoms with Gasteiger partial charge in [0.1, 0.15) is 22.3 Å². The topological polar surface area (TPSA) is 29.5 Å². The highest BCUT2D eigenvalue weighted by Crippen LogP contribution is 2.43. The van der Waals surface area contributed by atoms with Crippen molar-refractivity contribution in [2.45, 2.75) is 0 Å². The summed E-state index contributed by atoms with van der Waals surface area (Å²) in [5, 5.41) is 4.37. The molecule has 0 unspecified atom stereocenters. The quantitative estimate of drug-likeness (QED) is 0.164. The summed E-state index contributed by atoms with van der Waals surface area (Å²) in [5.74, 6) is 0. The smallest absolute Gasteiger partial charge is 0.143 e. The van der Waals surface area contributed by atoms with E-state index < -0.39 is 0 Å². The fraction of sp³-hybridized carbons (Fsp3) is 0. The number of hydrogen-bond donors (Lipinski definition) is 0. The molecule has 0 atom stereocenters. The zero-order chi connectivity index (χ0) is 37.7. The molecule has 11 rings (SSSR count). The summed E-state index contributed by atoms with van der Waals surface area (Å²) in [7, 11) is 0. The van der Waals surface area contributed by atoms with Gasteiger partial charge in [-0.15, -0.1) is 0 Å². The molecule has 9 aromatic carbocycles. The maximum atomic E-state index is 6.84. The highest BCUT2D eigenvalue weighted by atomic mass is 16.3. The second kappa shape index (κ2) is 13.6. The second-order valence-corrected chi connectivity index (χ2v) is 14.5. The summed E-state index contributed by atoms with van der Waals surface area (Å²) in [4.78, 5) is 2.28. The van der Waals surface area contributed by atoms with Crippen LogP contribution in [0.3, 0.4) is 0 Å². The number of fused-ring (bicyclic) bond motifs is 6. The standard InChI is InChI=1S/C54H35NO2/c1-4-13-36(14-5-1)37-23-25-39(26-24-37)49-33-41(34-50-46-19-10-11-22-51(46)56-54(49)50)45-20-12-21-48-47-32-29-40(35-52(47)57-53(45)48)38-27-30-44(31-28-38)55(42-15-6-2-7-16-42)43-17-8-3-9-18-43/h1-35H. The molecule has 0 amide bonds. The van der Waals surface area contributed by atoms with Crippen LogP contribution in [-0.4, -0.2) is 0 Å². The van der Waals surface area contributed by atoms with E-state index in [0.29, 0.717) is 0 Å². The number of para-hydroxylation sites is 4. The van der Waals surface area contributed by atoms with Crippen molar-refractivity contribution in [3.8, 4) is 44.5 Å². The molecule has 0 spiro atoms. The van der Waals surface area contributed by atoms with Gasteiger partial charge in [-0.1, -0.05) is 146 Å². The molecule has 0 aliphatic rings. The Bertz CT molecular complexity index is 3160. The van der Waals surface area contributed by atoms with Crippen molar-refractivity contribution in [1.29, 1.82) is 0 Å². The van der Waals surface area contributed by atoms with Gasteiger partial charge in [-0.05, 0) is 100 Å². The predicted molar refractivity (Wildman–Crippen MR) is 237 cm³/mol. The molecule has 57 heavy (non-hydrogen) atoms. The minimum atomic E-state index is 0.862. The third kappa shape index (κ3) is 5.76. The maximum Gasteiger partial charge on any atom is 0.143 e. The molecule has 0 radical (unpaired) electrons. The van der Waals surface area contributed by atoms with E-state index in [-0.39, 0.29) is 0 Å². The average molecular weight is 730 g/mol. The Labute approximate surface area is 330 Å². The molecule has 0 saturated heterocycles. The number of benzene rings is 9. The lowest BCUT2D eigenvalue weighted by Crippen LogP contribution is -2.09. The van der Waals surface area contributed by atoms with Crippen molar-refractivity contribution in [3.63, 3.8) is 0 Å². The van der Waals surface area contributed by atoms with Gasteiger partial charge in [0.25, 0.3) is 0 Å². The molecule has 3 heteroatoms. The molecule has 0 aliphatic heterocycles. The van der Waals surface area contributed by atoms with Crippen molar-refractivity contribution in [3.05, 3.63) is 212 Å². The van der Waals surface area contributed by atoms with Crippen LogP contribution in [0.5, 0.6) is 0 Å². The molecule has 0 bridgehead atoms. The van der Waals surface area contributed by atoms with Crippen LogP contribution >= 0.6 is 0 Å². The highest BCUT2D eigenvalue weighted by molar-refractivity contribution is 6.14. The van der Waals surface area contributed by atoms with E-state index in [4.69, 9.17) is 8.83 Å². The predicted octanol–water partition coefficient (Wildman–Crippen LogP) is 15.6. The maximum absolute atomic E-state index is 6.84. The van der Waals surface area contributed by atoms with Gasteiger partial charge in [0, 0.05) is 49.7 Å². The van der Waals surface area contributed by atoms with Gasteiger partial charge in [0.2, 0.25) is 0 Å². The molecule has 0 saturated carbocycles. The second-order valence-electron chi connectivity index (χ2n) is 14.5. The van der Waals surface area contributed by atoms with Gasteiger partial charge in [0.05, 0.1) is 0 Å². The summed E-state index contributed by atoms with van der Waals surface area (Å²) in [5.41, 5.74) is 15.7. The lowest BCUT2D eigenvalue weighted by molar-refractivity contribution is 0.669. The summed E-state index contributed by atoms with van der Waals surface area (Å²) in [6.07, 6.45) is 0. The van der Waals surface area contributed by atoms with Crippen molar-refractivity contribution >= 4 is 60.9 Å². The zero-order valence-corrected chi connectivity index (χ0v) is 31.0. The number of rotatable bonds is 7. The van der Waals surface area contributed by atoms with E-state index >= 15 is 0 Å². The van der Waals surface area contributed by atoms with Gasteiger partial charge < -0.3 is 13.7 Å². The Balaban J connectivity index is 1.000. The Kier molecular flexibility index (Phi) is 7.82. The monoisotopic (exact) mass is 729 g/mol.